The number of hydrogen-bond acceptors (Lipinski definition) is 6. The molecule has 0 bridgehead atoms. The van der Waals surface area contributed by atoms with Crippen LogP contribution in [0.5, 0.6) is 28.7 Å². The summed E-state index contributed by atoms with van der Waals surface area (Å²) in [6, 6.07) is 15.5. The van der Waals surface area contributed by atoms with E-state index in [4.69, 9.17) is 18.9 Å². The minimum atomic E-state index is -0.161. The number of ether oxygens (including phenoxy) is 4. The molecule has 0 spiro atoms. The summed E-state index contributed by atoms with van der Waals surface area (Å²) in [5.74, 6) is 2.17. The van der Waals surface area contributed by atoms with E-state index < -0.39 is 0 Å². The molecule has 158 valence electrons. The summed E-state index contributed by atoms with van der Waals surface area (Å²) >= 11 is 0. The first-order valence-corrected chi connectivity index (χ1v) is 9.59. The van der Waals surface area contributed by atoms with Crippen molar-refractivity contribution in [3.63, 3.8) is 0 Å². The van der Waals surface area contributed by atoms with Gasteiger partial charge in [-0.3, -0.25) is 4.79 Å². The minimum Gasteiger partial charge on any atom is -0.508 e. The number of aromatic hydroxyl groups is 1. The maximum absolute atomic E-state index is 13.7. The van der Waals surface area contributed by atoms with E-state index in [0.717, 1.165) is 5.56 Å². The number of phenols is 1. The van der Waals surface area contributed by atoms with Gasteiger partial charge in [-0.2, -0.15) is 0 Å². The van der Waals surface area contributed by atoms with E-state index in [2.05, 4.69) is 0 Å². The first-order valence-electron chi connectivity index (χ1n) is 9.59. The van der Waals surface area contributed by atoms with E-state index >= 15 is 0 Å². The Morgan fingerprint density at radius 1 is 0.645 bits per heavy atom. The van der Waals surface area contributed by atoms with Crippen LogP contribution in [0.15, 0.2) is 54.6 Å². The first kappa shape index (κ1) is 20.3. The molecule has 0 radical (unpaired) electrons. The zero-order valence-corrected chi connectivity index (χ0v) is 17.7. The highest BCUT2D eigenvalue weighted by Crippen LogP contribution is 2.48. The van der Waals surface area contributed by atoms with Crippen LogP contribution in [0.3, 0.4) is 0 Å². The number of carbonyl (C=O) groups is 1. The number of Topliss-reactive ketones (excluding diaryl/α,β-unsaturated/α-hetero) is 1. The van der Waals surface area contributed by atoms with Gasteiger partial charge in [0, 0.05) is 34.4 Å². The van der Waals surface area contributed by atoms with E-state index in [1.165, 1.54) is 0 Å². The van der Waals surface area contributed by atoms with Gasteiger partial charge in [-0.1, -0.05) is 12.1 Å². The molecule has 0 unspecified atom stereocenters. The van der Waals surface area contributed by atoms with Crippen molar-refractivity contribution >= 4 is 16.9 Å². The lowest BCUT2D eigenvalue weighted by Crippen LogP contribution is -2.01. The summed E-state index contributed by atoms with van der Waals surface area (Å²) in [5.41, 5.74) is 3.78. The highest BCUT2D eigenvalue weighted by molar-refractivity contribution is 6.42. The highest BCUT2D eigenvalue weighted by Gasteiger charge is 2.35. The van der Waals surface area contributed by atoms with Crippen molar-refractivity contribution in [1.82, 2.24) is 0 Å². The second-order valence-electron chi connectivity index (χ2n) is 6.98. The summed E-state index contributed by atoms with van der Waals surface area (Å²) in [5, 5.41) is 9.78. The lowest BCUT2D eigenvalue weighted by atomic mass is 9.93. The van der Waals surface area contributed by atoms with Crippen molar-refractivity contribution < 1.29 is 28.8 Å². The molecule has 3 aromatic rings. The van der Waals surface area contributed by atoms with Gasteiger partial charge < -0.3 is 24.1 Å². The Bertz CT molecular complexity index is 1170. The van der Waals surface area contributed by atoms with Crippen LogP contribution in [-0.2, 0) is 0 Å². The third kappa shape index (κ3) is 3.46. The Labute approximate surface area is 180 Å². The standard InChI is InChI=1S/C25H22O6/c1-28-17-9-15(10-18(11-17)29-2)23-22(14-5-7-16(26)8-6-14)24-20(25(23)27)12-19(30-3)13-21(24)31-4/h5-13,26H,1-4H3. The number of methoxy groups -OCH3 is 4. The molecule has 0 aliphatic heterocycles. The zero-order chi connectivity index (χ0) is 22.1. The van der Waals surface area contributed by atoms with E-state index in [0.29, 0.717) is 50.8 Å². The maximum Gasteiger partial charge on any atom is 0.195 e. The van der Waals surface area contributed by atoms with E-state index in [9.17, 15) is 9.90 Å². The Kier molecular flexibility index (Phi) is 5.29. The van der Waals surface area contributed by atoms with Crippen LogP contribution < -0.4 is 18.9 Å². The lowest BCUT2D eigenvalue weighted by Gasteiger charge is -2.14. The van der Waals surface area contributed by atoms with Gasteiger partial charge in [0.05, 0.1) is 28.4 Å². The fourth-order valence-corrected chi connectivity index (χ4v) is 3.82. The topological polar surface area (TPSA) is 74.2 Å². The van der Waals surface area contributed by atoms with E-state index in [1.807, 2.05) is 0 Å². The molecule has 4 rings (SSSR count). The van der Waals surface area contributed by atoms with Gasteiger partial charge >= 0.3 is 0 Å². The van der Waals surface area contributed by atoms with Gasteiger partial charge in [-0.05, 0) is 41.5 Å². The van der Waals surface area contributed by atoms with E-state index in [1.54, 1.807) is 83.0 Å². The summed E-state index contributed by atoms with van der Waals surface area (Å²) in [4.78, 5) is 13.7. The van der Waals surface area contributed by atoms with Gasteiger partial charge in [0.15, 0.2) is 5.78 Å². The molecule has 0 heterocycles. The van der Waals surface area contributed by atoms with Gasteiger partial charge in [-0.15, -0.1) is 0 Å². The average molecular weight is 418 g/mol. The zero-order valence-electron chi connectivity index (χ0n) is 17.7. The summed E-state index contributed by atoms with van der Waals surface area (Å²) < 4.78 is 21.8. The SMILES string of the molecule is COc1cc(OC)cc(C2=C(c3ccc(O)cc3)c3c(OC)cc(OC)cc3C2=O)c1. The minimum absolute atomic E-state index is 0.139. The third-order valence-electron chi connectivity index (χ3n) is 5.30. The lowest BCUT2D eigenvalue weighted by molar-refractivity contribution is 0.105. The summed E-state index contributed by atoms with van der Waals surface area (Å²) in [7, 11) is 6.23. The molecular weight excluding hydrogens is 396 g/mol. The number of allylic oxidation sites excluding steroid dienone is 1. The molecule has 6 nitrogen and oxygen atoms in total. The quantitative estimate of drug-likeness (QED) is 0.632. The fraction of sp³-hybridized carbons (Fsp3) is 0.160. The molecule has 1 N–H and O–H groups in total. The number of ketones is 1. The Morgan fingerprint density at radius 3 is 1.77 bits per heavy atom. The molecule has 0 fully saturated rings. The van der Waals surface area contributed by atoms with Crippen molar-refractivity contribution in [2.75, 3.05) is 28.4 Å². The molecule has 0 amide bonds. The van der Waals surface area contributed by atoms with Gasteiger partial charge in [0.1, 0.15) is 28.7 Å². The molecule has 1 aliphatic carbocycles. The molecule has 0 saturated heterocycles. The Morgan fingerprint density at radius 2 is 1.23 bits per heavy atom. The smallest absolute Gasteiger partial charge is 0.195 e. The Hall–Kier alpha value is -3.93. The van der Waals surface area contributed by atoms with Crippen molar-refractivity contribution in [3.05, 3.63) is 76.9 Å². The van der Waals surface area contributed by atoms with Crippen LogP contribution in [0.4, 0.5) is 0 Å². The van der Waals surface area contributed by atoms with Gasteiger partial charge in [0.2, 0.25) is 0 Å². The first-order chi connectivity index (χ1) is 15.0. The fourth-order valence-electron chi connectivity index (χ4n) is 3.82. The van der Waals surface area contributed by atoms with Crippen LogP contribution in [0.2, 0.25) is 0 Å². The second-order valence-corrected chi connectivity index (χ2v) is 6.98. The molecule has 0 atom stereocenters. The van der Waals surface area contributed by atoms with E-state index in [-0.39, 0.29) is 11.5 Å². The number of hydrogen-bond donors (Lipinski definition) is 1. The number of rotatable bonds is 6. The molecule has 31 heavy (non-hydrogen) atoms. The van der Waals surface area contributed by atoms with Gasteiger partial charge in [-0.25, -0.2) is 0 Å². The molecule has 0 saturated carbocycles. The van der Waals surface area contributed by atoms with Crippen molar-refractivity contribution in [2.24, 2.45) is 0 Å². The molecule has 6 heteroatoms. The molecular formula is C25H22O6. The summed E-state index contributed by atoms with van der Waals surface area (Å²) in [6.45, 7) is 0. The molecule has 0 aromatic heterocycles. The second kappa shape index (κ2) is 8.07. The average Bonchev–Trinajstić information content (AvgIpc) is 3.10. The highest BCUT2D eigenvalue weighted by atomic mass is 16.5. The van der Waals surface area contributed by atoms with Crippen LogP contribution in [0.1, 0.15) is 27.0 Å². The van der Waals surface area contributed by atoms with Crippen LogP contribution >= 0.6 is 0 Å². The Balaban J connectivity index is 2.07. The van der Waals surface area contributed by atoms with Crippen LogP contribution in [0, 0.1) is 0 Å². The van der Waals surface area contributed by atoms with Crippen LogP contribution in [-0.4, -0.2) is 39.3 Å². The monoisotopic (exact) mass is 418 g/mol. The molecule has 1 aliphatic rings. The van der Waals surface area contributed by atoms with Crippen molar-refractivity contribution in [1.29, 1.82) is 0 Å². The number of fused-ring (bicyclic) bond motifs is 1. The molecule has 3 aromatic carbocycles. The largest absolute Gasteiger partial charge is 0.508 e. The van der Waals surface area contributed by atoms with Gasteiger partial charge in [0.25, 0.3) is 0 Å². The predicted octanol–water partition coefficient (Wildman–Crippen LogP) is 4.58. The summed E-state index contributed by atoms with van der Waals surface area (Å²) in [6.07, 6.45) is 0. The predicted molar refractivity (Wildman–Crippen MR) is 117 cm³/mol. The number of phenolic OH excluding ortho intramolecular Hbond substituents is 1. The number of benzene rings is 3. The normalized spacial score (nSPS) is 12.6. The number of carbonyl (C=O) groups excluding carboxylic acids is 1. The maximum atomic E-state index is 13.7. The van der Waals surface area contributed by atoms with Crippen molar-refractivity contribution in [2.45, 2.75) is 0 Å². The third-order valence-corrected chi connectivity index (χ3v) is 5.30. The van der Waals surface area contributed by atoms with Crippen LogP contribution in [0.25, 0.3) is 11.1 Å². The van der Waals surface area contributed by atoms with Crippen molar-refractivity contribution in [3.8, 4) is 28.7 Å².